The fraction of sp³-hybridized carbons (Fsp3) is 0.811. The molecule has 0 amide bonds. The Hall–Kier alpha value is -2.14. The molecular weight excluding hydrogens is 717 g/mol. The fourth-order valence-corrected chi connectivity index (χ4v) is 7.39. The van der Waals surface area contributed by atoms with Crippen molar-refractivity contribution >= 4 is 11.9 Å². The Morgan fingerprint density at radius 3 is 1.09 bits per heavy atom. The summed E-state index contributed by atoms with van der Waals surface area (Å²) >= 11 is 0. The molecule has 1 N–H and O–H groups in total. The van der Waals surface area contributed by atoms with E-state index in [1.165, 1.54) is 180 Å². The zero-order chi connectivity index (χ0) is 42.1. The number of hydrogen-bond acceptors (Lipinski definition) is 5. The smallest absolute Gasteiger partial charge is 0.306 e. The van der Waals surface area contributed by atoms with Crippen LogP contribution >= 0.6 is 0 Å². The van der Waals surface area contributed by atoms with Crippen LogP contribution in [-0.2, 0) is 19.1 Å². The molecule has 0 aliphatic rings. The molecule has 0 bridgehead atoms. The summed E-state index contributed by atoms with van der Waals surface area (Å²) in [6.45, 7) is 3.98. The van der Waals surface area contributed by atoms with Gasteiger partial charge in [-0.3, -0.25) is 9.59 Å². The predicted molar refractivity (Wildman–Crippen MR) is 251 cm³/mol. The van der Waals surface area contributed by atoms with Gasteiger partial charge in [0.25, 0.3) is 0 Å². The number of esters is 2. The molecule has 1 atom stereocenters. The Morgan fingerprint density at radius 1 is 0.414 bits per heavy atom. The minimum absolute atomic E-state index is 0.0926. The van der Waals surface area contributed by atoms with Crippen molar-refractivity contribution in [2.24, 2.45) is 0 Å². The van der Waals surface area contributed by atoms with Gasteiger partial charge in [-0.2, -0.15) is 0 Å². The summed E-state index contributed by atoms with van der Waals surface area (Å²) in [7, 11) is 0. The predicted octanol–water partition coefficient (Wildman–Crippen LogP) is 16.5. The molecule has 0 saturated heterocycles. The van der Waals surface area contributed by atoms with E-state index in [0.717, 1.165) is 44.9 Å². The lowest BCUT2D eigenvalue weighted by Crippen LogP contribution is -2.28. The van der Waals surface area contributed by atoms with Crippen molar-refractivity contribution in [1.29, 1.82) is 0 Å². The third-order valence-electron chi connectivity index (χ3n) is 11.2. The zero-order valence-corrected chi connectivity index (χ0v) is 38.6. The highest BCUT2D eigenvalue weighted by Gasteiger charge is 2.15. The molecule has 0 aliphatic heterocycles. The van der Waals surface area contributed by atoms with Gasteiger partial charge < -0.3 is 14.6 Å². The average molecular weight is 813 g/mol. The van der Waals surface area contributed by atoms with E-state index >= 15 is 0 Å². The molecule has 0 aromatic carbocycles. The second-order valence-electron chi connectivity index (χ2n) is 16.9. The van der Waals surface area contributed by atoms with Crippen molar-refractivity contribution in [3.63, 3.8) is 0 Å². The van der Waals surface area contributed by atoms with Gasteiger partial charge in [-0.25, -0.2) is 0 Å². The summed E-state index contributed by atoms with van der Waals surface area (Å²) in [5.74, 6) is -0.677. The molecule has 338 valence electrons. The van der Waals surface area contributed by atoms with Crippen LogP contribution in [0.5, 0.6) is 0 Å². The van der Waals surface area contributed by atoms with Crippen molar-refractivity contribution in [3.05, 3.63) is 48.6 Å². The van der Waals surface area contributed by atoms with E-state index in [4.69, 9.17) is 9.47 Å². The third-order valence-corrected chi connectivity index (χ3v) is 11.2. The van der Waals surface area contributed by atoms with Crippen molar-refractivity contribution in [1.82, 2.24) is 0 Å². The van der Waals surface area contributed by atoms with Crippen LogP contribution in [0.2, 0.25) is 0 Å². The first kappa shape index (κ1) is 55.9. The van der Waals surface area contributed by atoms with E-state index in [9.17, 15) is 14.7 Å². The molecule has 1 unspecified atom stereocenters. The first-order valence-electron chi connectivity index (χ1n) is 25.2. The number of unbranched alkanes of at least 4 members (excludes halogenated alkanes) is 30. The van der Waals surface area contributed by atoms with Gasteiger partial charge in [0.2, 0.25) is 0 Å². The second kappa shape index (κ2) is 49.2. The van der Waals surface area contributed by atoms with Crippen LogP contribution in [0.15, 0.2) is 48.6 Å². The number of aliphatic hydroxyl groups excluding tert-OH is 1. The second-order valence-corrected chi connectivity index (χ2v) is 16.9. The lowest BCUT2D eigenvalue weighted by molar-refractivity contribution is -0.161. The molecular formula is C53H96O5. The molecule has 0 spiro atoms. The Labute approximate surface area is 360 Å². The van der Waals surface area contributed by atoms with Crippen molar-refractivity contribution in [2.45, 2.75) is 264 Å². The highest BCUT2D eigenvalue weighted by atomic mass is 16.6. The van der Waals surface area contributed by atoms with Gasteiger partial charge in [0, 0.05) is 12.8 Å². The molecule has 58 heavy (non-hydrogen) atoms. The largest absolute Gasteiger partial charge is 0.462 e. The summed E-state index contributed by atoms with van der Waals surface area (Å²) in [5.41, 5.74) is 0. The molecule has 0 saturated carbocycles. The van der Waals surface area contributed by atoms with Gasteiger partial charge in [0.05, 0.1) is 6.61 Å². The average Bonchev–Trinajstić information content (AvgIpc) is 3.23. The maximum Gasteiger partial charge on any atom is 0.306 e. The molecule has 0 aliphatic carbocycles. The summed E-state index contributed by atoms with van der Waals surface area (Å²) < 4.78 is 10.6. The summed E-state index contributed by atoms with van der Waals surface area (Å²) in [6.07, 6.45) is 63.9. The SMILES string of the molecule is CC/C=C\C/C=C\C/C=C\C/C=C\CCC(=O)OC(CO)COC(=O)CCCCCCCCCCCCCCCCCCCCCCCCCCCCCCCCC. The Morgan fingerprint density at radius 2 is 0.741 bits per heavy atom. The first-order chi connectivity index (χ1) is 28.6. The lowest BCUT2D eigenvalue weighted by atomic mass is 10.0. The van der Waals surface area contributed by atoms with Crippen LogP contribution in [0.4, 0.5) is 0 Å². The lowest BCUT2D eigenvalue weighted by Gasteiger charge is -2.15. The molecule has 0 rings (SSSR count). The summed E-state index contributed by atoms with van der Waals surface area (Å²) in [5, 5.41) is 9.57. The zero-order valence-electron chi connectivity index (χ0n) is 38.6. The molecule has 0 aromatic heterocycles. The van der Waals surface area contributed by atoms with E-state index in [0.29, 0.717) is 12.8 Å². The molecule has 0 aromatic rings. The molecule has 0 heterocycles. The maximum absolute atomic E-state index is 12.2. The fourth-order valence-electron chi connectivity index (χ4n) is 7.39. The van der Waals surface area contributed by atoms with Crippen LogP contribution in [0.25, 0.3) is 0 Å². The van der Waals surface area contributed by atoms with Gasteiger partial charge >= 0.3 is 11.9 Å². The van der Waals surface area contributed by atoms with Gasteiger partial charge in [-0.05, 0) is 38.5 Å². The van der Waals surface area contributed by atoms with Crippen LogP contribution in [-0.4, -0.2) is 36.4 Å². The van der Waals surface area contributed by atoms with Crippen molar-refractivity contribution < 1.29 is 24.2 Å². The van der Waals surface area contributed by atoms with Crippen molar-refractivity contribution in [3.8, 4) is 0 Å². The van der Waals surface area contributed by atoms with Crippen molar-refractivity contribution in [2.75, 3.05) is 13.2 Å². The number of carbonyl (C=O) groups excluding carboxylic acids is 2. The Balaban J connectivity index is 3.43. The van der Waals surface area contributed by atoms with Gasteiger partial charge in [-0.1, -0.05) is 255 Å². The first-order valence-corrected chi connectivity index (χ1v) is 25.2. The highest BCUT2D eigenvalue weighted by molar-refractivity contribution is 5.70. The monoisotopic (exact) mass is 813 g/mol. The number of ether oxygens (including phenoxy) is 2. The Bertz CT molecular complexity index is 966. The van der Waals surface area contributed by atoms with Crippen LogP contribution < -0.4 is 0 Å². The number of aliphatic hydroxyl groups is 1. The van der Waals surface area contributed by atoms with E-state index in [1.54, 1.807) is 0 Å². The minimum atomic E-state index is -0.808. The highest BCUT2D eigenvalue weighted by Crippen LogP contribution is 2.17. The van der Waals surface area contributed by atoms with Crippen LogP contribution in [0, 0.1) is 0 Å². The standard InChI is InChI=1S/C53H96O5/c1-3-5-7-9-11-13-15-17-18-19-20-21-22-23-24-25-26-27-28-29-30-31-32-33-34-36-37-39-41-43-45-47-52(55)57-50-51(49-54)58-53(56)48-46-44-42-40-38-35-16-14-12-10-8-6-4-2/h6,8,12,14,35,38,42,44,51,54H,3-5,7,9-11,13,15-34,36-37,39-41,43,45-50H2,1-2H3/b8-6-,14-12-,38-35-,44-42-. The number of allylic oxidation sites excluding steroid dienone is 8. The van der Waals surface area contributed by atoms with Gasteiger partial charge in [-0.15, -0.1) is 0 Å². The van der Waals surface area contributed by atoms with Crippen LogP contribution in [0.3, 0.4) is 0 Å². The van der Waals surface area contributed by atoms with Crippen LogP contribution in [0.1, 0.15) is 258 Å². The summed E-state index contributed by atoms with van der Waals surface area (Å²) in [6, 6.07) is 0. The number of rotatable bonds is 46. The number of hydrogen-bond donors (Lipinski definition) is 1. The van der Waals surface area contributed by atoms with Gasteiger partial charge in [0.1, 0.15) is 6.61 Å². The quantitative estimate of drug-likeness (QED) is 0.0376. The molecule has 5 nitrogen and oxygen atoms in total. The molecule has 0 radical (unpaired) electrons. The minimum Gasteiger partial charge on any atom is -0.462 e. The van der Waals surface area contributed by atoms with E-state index < -0.39 is 12.1 Å². The summed E-state index contributed by atoms with van der Waals surface area (Å²) in [4.78, 5) is 24.3. The number of carbonyl (C=O) groups is 2. The topological polar surface area (TPSA) is 72.8 Å². The van der Waals surface area contributed by atoms with Gasteiger partial charge in [0.15, 0.2) is 6.10 Å². The Kier molecular flexibility index (Phi) is 47.4. The molecule has 0 fully saturated rings. The van der Waals surface area contributed by atoms with E-state index in [1.807, 2.05) is 12.2 Å². The normalized spacial score (nSPS) is 12.5. The third kappa shape index (κ3) is 46.5. The maximum atomic E-state index is 12.2. The van der Waals surface area contributed by atoms with E-state index in [2.05, 4.69) is 50.3 Å². The van der Waals surface area contributed by atoms with E-state index in [-0.39, 0.29) is 25.6 Å². The molecule has 5 heteroatoms.